The largest absolute Gasteiger partial charge is 0.507 e. The van der Waals surface area contributed by atoms with Crippen LogP contribution < -0.4 is 5.32 Å². The number of rotatable bonds is 8. The Balaban J connectivity index is 0.00000337. The number of nitrogens with one attached hydrogen (secondary N) is 1. The third-order valence-corrected chi connectivity index (χ3v) is 6.72. The van der Waals surface area contributed by atoms with Gasteiger partial charge in [0.15, 0.2) is 0 Å². The summed E-state index contributed by atoms with van der Waals surface area (Å²) in [5, 5.41) is 33.9. The molecule has 0 aliphatic carbocycles. The highest BCUT2D eigenvalue weighted by Crippen LogP contribution is 2.42. The maximum absolute atomic E-state index is 12.7. The van der Waals surface area contributed by atoms with E-state index in [1.807, 2.05) is 72.8 Å². The first-order valence-electron chi connectivity index (χ1n) is 12.7. The molecule has 3 N–H and O–H groups in total. The van der Waals surface area contributed by atoms with E-state index in [0.717, 1.165) is 22.0 Å². The average molecular weight is 549 g/mol. The summed E-state index contributed by atoms with van der Waals surface area (Å²) < 4.78 is 7.73. The summed E-state index contributed by atoms with van der Waals surface area (Å²) >= 11 is 0. The minimum Gasteiger partial charge on any atom is -0.507 e. The van der Waals surface area contributed by atoms with Gasteiger partial charge in [0.25, 0.3) is 0 Å². The summed E-state index contributed by atoms with van der Waals surface area (Å²) in [5.74, 6) is -1.24. The van der Waals surface area contributed by atoms with Gasteiger partial charge in [-0.3, -0.25) is 9.48 Å². The number of hydrogen-bond acceptors (Lipinski definition) is 6. The lowest BCUT2D eigenvalue weighted by atomic mass is 10.0. The van der Waals surface area contributed by atoms with Crippen molar-refractivity contribution in [3.63, 3.8) is 0 Å². The fraction of sp³-hybridized carbons (Fsp3) is 0.125. The minimum atomic E-state index is -1.25. The molecule has 0 aliphatic heterocycles. The first-order chi connectivity index (χ1) is 19.5. The van der Waals surface area contributed by atoms with Crippen molar-refractivity contribution in [2.45, 2.75) is 26.8 Å². The first kappa shape index (κ1) is 27.1. The van der Waals surface area contributed by atoms with E-state index >= 15 is 0 Å². The molecule has 2 aromatic heterocycles. The molecule has 9 heteroatoms. The molecular formula is C32H28N4O5. The average Bonchev–Trinajstić information content (AvgIpc) is 3.57. The third-order valence-electron chi connectivity index (χ3n) is 6.72. The summed E-state index contributed by atoms with van der Waals surface area (Å²) in [4.78, 5) is 24.4. The Hall–Kier alpha value is -5.44. The van der Waals surface area contributed by atoms with Crippen LogP contribution in [0.1, 0.15) is 30.6 Å². The van der Waals surface area contributed by atoms with E-state index in [9.17, 15) is 19.8 Å². The SMILES string of the molecule is C.O=C(CCCn1cc(-c2c(-c3ccccc3)oc3cc(O)c(C(=O)O)cc23)nn1)Nc1cccc2ccccc12. The van der Waals surface area contributed by atoms with Crippen molar-refractivity contribution in [1.82, 2.24) is 15.0 Å². The summed E-state index contributed by atoms with van der Waals surface area (Å²) in [6.45, 7) is 0.452. The van der Waals surface area contributed by atoms with Gasteiger partial charge in [-0.2, -0.15) is 0 Å². The Morgan fingerprint density at radius 2 is 1.68 bits per heavy atom. The summed E-state index contributed by atoms with van der Waals surface area (Å²) in [6.07, 6.45) is 2.57. The zero-order chi connectivity index (χ0) is 27.6. The highest BCUT2D eigenvalue weighted by molar-refractivity contribution is 6.05. The molecule has 0 radical (unpaired) electrons. The Kier molecular flexibility index (Phi) is 7.51. The number of aromatic hydroxyl groups is 1. The molecule has 6 aromatic rings. The quantitative estimate of drug-likeness (QED) is 0.187. The van der Waals surface area contributed by atoms with Crippen molar-refractivity contribution < 1.29 is 24.2 Å². The highest BCUT2D eigenvalue weighted by Gasteiger charge is 2.23. The monoisotopic (exact) mass is 548 g/mol. The number of carbonyl (C=O) groups excluding carboxylic acids is 1. The summed E-state index contributed by atoms with van der Waals surface area (Å²) in [6, 6.07) is 25.7. The smallest absolute Gasteiger partial charge is 0.339 e. The lowest BCUT2D eigenvalue weighted by Crippen LogP contribution is -2.12. The second-order valence-corrected chi connectivity index (χ2v) is 9.39. The molecule has 0 aliphatic rings. The van der Waals surface area contributed by atoms with Crippen molar-refractivity contribution in [2.24, 2.45) is 0 Å². The number of aryl methyl sites for hydroxylation is 1. The fourth-order valence-corrected chi connectivity index (χ4v) is 4.82. The number of amides is 1. The molecule has 0 saturated heterocycles. The van der Waals surface area contributed by atoms with E-state index in [1.165, 1.54) is 12.1 Å². The van der Waals surface area contributed by atoms with Crippen LogP contribution in [0.25, 0.3) is 44.3 Å². The van der Waals surface area contributed by atoms with Gasteiger partial charge in [0.05, 0.1) is 11.8 Å². The number of fused-ring (bicyclic) bond motifs is 2. The van der Waals surface area contributed by atoms with E-state index in [4.69, 9.17) is 4.42 Å². The van der Waals surface area contributed by atoms with Gasteiger partial charge in [0.1, 0.15) is 28.4 Å². The first-order valence-corrected chi connectivity index (χ1v) is 12.7. The topological polar surface area (TPSA) is 130 Å². The van der Waals surface area contributed by atoms with Crippen molar-refractivity contribution >= 4 is 39.3 Å². The van der Waals surface area contributed by atoms with Crippen LogP contribution >= 0.6 is 0 Å². The number of phenols is 1. The minimum absolute atomic E-state index is 0. The number of nitrogens with zero attached hydrogens (tertiary/aromatic N) is 3. The highest BCUT2D eigenvalue weighted by atomic mass is 16.4. The van der Waals surface area contributed by atoms with Crippen LogP contribution in [0.2, 0.25) is 0 Å². The molecule has 0 spiro atoms. The molecule has 0 unspecified atom stereocenters. The van der Waals surface area contributed by atoms with Gasteiger partial charge in [0, 0.05) is 41.1 Å². The van der Waals surface area contributed by atoms with Crippen LogP contribution in [0.15, 0.2) is 95.5 Å². The fourth-order valence-electron chi connectivity index (χ4n) is 4.82. The molecule has 0 saturated carbocycles. The number of hydrogen-bond donors (Lipinski definition) is 3. The Morgan fingerprint density at radius 1 is 0.927 bits per heavy atom. The van der Waals surface area contributed by atoms with Crippen molar-refractivity contribution in [3.8, 4) is 28.3 Å². The van der Waals surface area contributed by atoms with Gasteiger partial charge in [-0.05, 0) is 23.9 Å². The lowest BCUT2D eigenvalue weighted by Gasteiger charge is -2.08. The number of benzene rings is 4. The Labute approximate surface area is 235 Å². The predicted molar refractivity (Wildman–Crippen MR) is 158 cm³/mol. The van der Waals surface area contributed by atoms with Gasteiger partial charge in [0.2, 0.25) is 5.91 Å². The summed E-state index contributed by atoms with van der Waals surface area (Å²) in [5.41, 5.74) is 2.70. The third kappa shape index (κ3) is 5.38. The Bertz CT molecular complexity index is 1870. The standard InChI is InChI=1S/C31H24N4O5.CH4/c36-26-17-27-23(16-22(26)31(38)39)29(30(40-27)20-9-2-1-3-10-20)25-18-35(34-33-25)15-7-14-28(37)32-24-13-6-11-19-8-4-5-12-21(19)24;/h1-6,8-13,16-18,36H,7,14-15H2,(H,32,37)(H,38,39);1H4. The molecule has 0 fully saturated rings. The number of aromatic carboxylic acids is 1. The van der Waals surface area contributed by atoms with Gasteiger partial charge in [-0.25, -0.2) is 4.79 Å². The molecule has 9 nitrogen and oxygen atoms in total. The number of aromatic nitrogens is 3. The van der Waals surface area contributed by atoms with E-state index in [-0.39, 0.29) is 24.6 Å². The molecule has 0 bridgehead atoms. The van der Waals surface area contributed by atoms with Crippen molar-refractivity contribution in [2.75, 3.05) is 5.32 Å². The molecule has 0 atom stereocenters. The second kappa shape index (κ2) is 11.4. The summed E-state index contributed by atoms with van der Waals surface area (Å²) in [7, 11) is 0. The number of carbonyl (C=O) groups is 2. The second-order valence-electron chi connectivity index (χ2n) is 9.39. The molecular weight excluding hydrogens is 520 g/mol. The predicted octanol–water partition coefficient (Wildman–Crippen LogP) is 6.97. The van der Waals surface area contributed by atoms with Gasteiger partial charge in [-0.1, -0.05) is 79.4 Å². The number of carboxylic acids is 1. The number of carboxylic acid groups (broad SMARTS) is 1. The van der Waals surface area contributed by atoms with Crippen molar-refractivity contribution in [1.29, 1.82) is 0 Å². The molecule has 4 aromatic carbocycles. The Morgan fingerprint density at radius 3 is 2.49 bits per heavy atom. The van der Waals surface area contributed by atoms with E-state index in [0.29, 0.717) is 47.4 Å². The van der Waals surface area contributed by atoms with Gasteiger partial charge in [-0.15, -0.1) is 5.10 Å². The van der Waals surface area contributed by atoms with Crippen LogP contribution in [0.4, 0.5) is 5.69 Å². The van der Waals surface area contributed by atoms with Crippen LogP contribution in [0, 0.1) is 0 Å². The van der Waals surface area contributed by atoms with E-state index in [2.05, 4.69) is 15.6 Å². The van der Waals surface area contributed by atoms with Gasteiger partial charge >= 0.3 is 5.97 Å². The number of anilines is 1. The van der Waals surface area contributed by atoms with Crippen molar-refractivity contribution in [3.05, 3.63) is 96.7 Å². The lowest BCUT2D eigenvalue weighted by molar-refractivity contribution is -0.116. The molecule has 6 rings (SSSR count). The van der Waals surface area contributed by atoms with Crippen LogP contribution in [-0.4, -0.2) is 37.1 Å². The molecule has 41 heavy (non-hydrogen) atoms. The van der Waals surface area contributed by atoms with E-state index in [1.54, 1.807) is 10.9 Å². The molecule has 2 heterocycles. The zero-order valence-electron chi connectivity index (χ0n) is 21.2. The van der Waals surface area contributed by atoms with Crippen LogP contribution in [0.3, 0.4) is 0 Å². The molecule has 1 amide bonds. The van der Waals surface area contributed by atoms with Crippen LogP contribution in [0.5, 0.6) is 5.75 Å². The zero-order valence-corrected chi connectivity index (χ0v) is 21.2. The maximum Gasteiger partial charge on any atom is 0.339 e. The van der Waals surface area contributed by atoms with Gasteiger partial charge < -0.3 is 19.9 Å². The maximum atomic E-state index is 12.7. The van der Waals surface area contributed by atoms with Crippen LogP contribution in [-0.2, 0) is 11.3 Å². The molecule has 206 valence electrons. The number of furan rings is 1. The van der Waals surface area contributed by atoms with E-state index < -0.39 is 5.97 Å². The normalized spacial score (nSPS) is 10.9.